The molecule has 6 aromatic carbocycles. The minimum absolute atomic E-state index is 0.410. The van der Waals surface area contributed by atoms with E-state index in [2.05, 4.69) is 39.9 Å². The van der Waals surface area contributed by atoms with Crippen LogP contribution >= 0.6 is 0 Å². The monoisotopic (exact) mass is 832 g/mol. The maximum Gasteiger partial charge on any atom is 0.319 e. The van der Waals surface area contributed by atoms with Gasteiger partial charge in [-0.2, -0.15) is 0 Å². The molecule has 1 unspecified atom stereocenters. The number of nitrogens with zero attached hydrogens (tertiary/aromatic N) is 1. The number of nitrogens with one attached hydrogen (secondary N) is 1. The van der Waals surface area contributed by atoms with E-state index in [4.69, 9.17) is 33.2 Å². The lowest BCUT2D eigenvalue weighted by Gasteiger charge is -2.22. The molecule has 0 saturated heterocycles. The first-order chi connectivity index (χ1) is 30.0. The van der Waals surface area contributed by atoms with E-state index < -0.39 is 17.5 Å². The second-order valence-electron chi connectivity index (χ2n) is 16.1. The molecule has 62 heavy (non-hydrogen) atoms. The van der Waals surface area contributed by atoms with Crippen LogP contribution in [0, 0.1) is 0 Å². The van der Waals surface area contributed by atoms with Gasteiger partial charge in [0.05, 0.1) is 64.8 Å². The zero-order valence-corrected chi connectivity index (χ0v) is 36.7. The van der Waals surface area contributed by atoms with E-state index in [1.165, 1.54) is 7.11 Å². The second-order valence-corrected chi connectivity index (χ2v) is 16.1. The molecule has 0 amide bonds. The van der Waals surface area contributed by atoms with Crippen molar-refractivity contribution in [3.63, 3.8) is 0 Å². The van der Waals surface area contributed by atoms with Crippen molar-refractivity contribution >= 4 is 38.7 Å². The van der Waals surface area contributed by atoms with Crippen molar-refractivity contribution in [3.8, 4) is 56.8 Å². The number of methoxy groups -OCH3 is 6. The topological polar surface area (TPSA) is 102 Å². The number of para-hydroxylation sites is 1. The molecule has 0 bridgehead atoms. The molecule has 10 heteroatoms. The second kappa shape index (κ2) is 17.1. The van der Waals surface area contributed by atoms with Gasteiger partial charge in [-0.1, -0.05) is 60.7 Å². The van der Waals surface area contributed by atoms with Crippen LogP contribution in [0.4, 0.5) is 0 Å². The average molecular weight is 833 g/mol. The molecule has 0 aliphatic carbocycles. The van der Waals surface area contributed by atoms with E-state index in [0.29, 0.717) is 36.0 Å². The van der Waals surface area contributed by atoms with Crippen molar-refractivity contribution in [1.29, 1.82) is 0 Å². The molecular formula is C52H52N2O8. The van der Waals surface area contributed by atoms with Crippen LogP contribution in [-0.4, -0.2) is 63.8 Å². The molecule has 8 rings (SSSR count). The van der Waals surface area contributed by atoms with Crippen molar-refractivity contribution in [2.75, 3.05) is 42.7 Å². The Hall–Kier alpha value is -7.07. The molecule has 1 N–H and O–H groups in total. The molecule has 0 spiro atoms. The fraction of sp³-hybridized carbons (Fsp3) is 0.250. The molecule has 0 aliphatic rings. The standard InChI is InChI=1S/C52H52N2O8/c1-52(2,3)62-40-12-10-11-39-44-45-41(32-15-23-36(57-5)24-16-32)48(43(51(55)61-9)34-19-27-38(59-7)28-20-34)54(30-29-31-13-21-35(56-4)22-14-31)49(45)42(33-17-25-37(58-6)26-18-33)50(60-8)47(44)53-46(39)40/h10-28,43,53H,29-30H2,1-9H3. The molecule has 8 aromatic rings. The summed E-state index contributed by atoms with van der Waals surface area (Å²) in [7, 11) is 9.75. The number of rotatable bonds is 14. The van der Waals surface area contributed by atoms with Gasteiger partial charge in [-0.15, -0.1) is 0 Å². The Balaban J connectivity index is 1.62. The highest BCUT2D eigenvalue weighted by Crippen LogP contribution is 2.54. The smallest absolute Gasteiger partial charge is 0.319 e. The van der Waals surface area contributed by atoms with E-state index >= 15 is 0 Å². The molecule has 318 valence electrons. The van der Waals surface area contributed by atoms with Crippen molar-refractivity contribution in [1.82, 2.24) is 9.55 Å². The molecule has 0 radical (unpaired) electrons. The lowest BCUT2D eigenvalue weighted by atomic mass is 9.88. The molecule has 2 heterocycles. The van der Waals surface area contributed by atoms with Crippen LogP contribution in [0.25, 0.3) is 55.0 Å². The maximum absolute atomic E-state index is 14.7. The summed E-state index contributed by atoms with van der Waals surface area (Å²) in [5.74, 6) is 2.95. The Labute approximate surface area is 361 Å². The predicted octanol–water partition coefficient (Wildman–Crippen LogP) is 11.4. The maximum atomic E-state index is 14.7. The number of carbonyl (C=O) groups is 1. The van der Waals surface area contributed by atoms with Gasteiger partial charge in [0.2, 0.25) is 0 Å². The number of esters is 1. The van der Waals surface area contributed by atoms with Gasteiger partial charge < -0.3 is 42.7 Å². The van der Waals surface area contributed by atoms with Gasteiger partial charge in [0.15, 0.2) is 5.75 Å². The van der Waals surface area contributed by atoms with Gasteiger partial charge in [-0.25, -0.2) is 0 Å². The quantitative estimate of drug-likeness (QED) is 0.108. The number of fused-ring (bicyclic) bond motifs is 5. The largest absolute Gasteiger partial charge is 0.497 e. The zero-order chi connectivity index (χ0) is 43.7. The van der Waals surface area contributed by atoms with Crippen molar-refractivity contribution in [2.24, 2.45) is 0 Å². The van der Waals surface area contributed by atoms with Gasteiger partial charge in [-0.05, 0) is 104 Å². The number of benzene rings is 6. The molecular weight excluding hydrogens is 781 g/mol. The van der Waals surface area contributed by atoms with Crippen LogP contribution in [0.1, 0.15) is 43.5 Å². The predicted molar refractivity (Wildman–Crippen MR) is 246 cm³/mol. The number of H-pyrrole nitrogens is 1. The summed E-state index contributed by atoms with van der Waals surface area (Å²) < 4.78 is 43.7. The van der Waals surface area contributed by atoms with Gasteiger partial charge in [-0.3, -0.25) is 4.79 Å². The number of carbonyl (C=O) groups excluding carboxylic acids is 1. The Morgan fingerprint density at radius 1 is 0.613 bits per heavy atom. The normalized spacial score (nSPS) is 12.1. The summed E-state index contributed by atoms with van der Waals surface area (Å²) in [6, 6.07) is 37.9. The number of aryl methyl sites for hydroxylation is 2. The molecule has 2 aromatic heterocycles. The highest BCUT2D eigenvalue weighted by atomic mass is 16.5. The molecule has 0 fully saturated rings. The highest BCUT2D eigenvalue weighted by Gasteiger charge is 2.36. The third-order valence-electron chi connectivity index (χ3n) is 11.4. The van der Waals surface area contributed by atoms with Crippen molar-refractivity contribution in [2.45, 2.75) is 45.3 Å². The molecule has 0 saturated carbocycles. The van der Waals surface area contributed by atoms with Crippen LogP contribution in [0.2, 0.25) is 0 Å². The van der Waals surface area contributed by atoms with E-state index in [1.54, 1.807) is 35.5 Å². The third kappa shape index (κ3) is 7.61. The van der Waals surface area contributed by atoms with Crippen LogP contribution in [-0.2, 0) is 22.5 Å². The van der Waals surface area contributed by atoms with Gasteiger partial charge in [0, 0.05) is 34.0 Å². The SMILES string of the molecule is COC(=O)C(c1ccc(OC)cc1)c1c(-c2ccc(OC)cc2)c2c3c([nH]c4c(OC(C)(C)C)cccc43)c(OC)c(-c3ccc(OC)cc3)c2n1CCc1ccc(OC)cc1. The Morgan fingerprint density at radius 2 is 1.15 bits per heavy atom. The first kappa shape index (κ1) is 41.7. The van der Waals surface area contributed by atoms with Crippen molar-refractivity contribution < 1.29 is 38.0 Å². The minimum Gasteiger partial charge on any atom is -0.497 e. The number of hydrogen-bond acceptors (Lipinski definition) is 8. The first-order valence-electron chi connectivity index (χ1n) is 20.5. The van der Waals surface area contributed by atoms with E-state index in [1.807, 2.05) is 106 Å². The van der Waals surface area contributed by atoms with Gasteiger partial charge in [0.1, 0.15) is 40.3 Å². The average Bonchev–Trinajstić information content (AvgIpc) is 3.84. The lowest BCUT2D eigenvalue weighted by Crippen LogP contribution is -2.23. The fourth-order valence-corrected chi connectivity index (χ4v) is 8.57. The Bertz CT molecular complexity index is 2870. The Kier molecular flexibility index (Phi) is 11.5. The van der Waals surface area contributed by atoms with Crippen LogP contribution in [0.5, 0.6) is 34.5 Å². The summed E-state index contributed by atoms with van der Waals surface area (Å²) in [4.78, 5) is 18.5. The van der Waals surface area contributed by atoms with Gasteiger partial charge in [0.25, 0.3) is 0 Å². The van der Waals surface area contributed by atoms with Crippen molar-refractivity contribution in [3.05, 3.63) is 132 Å². The van der Waals surface area contributed by atoms with Crippen LogP contribution < -0.4 is 28.4 Å². The van der Waals surface area contributed by atoms with Crippen LogP contribution in [0.15, 0.2) is 115 Å². The van der Waals surface area contributed by atoms with Gasteiger partial charge >= 0.3 is 5.97 Å². The fourth-order valence-electron chi connectivity index (χ4n) is 8.57. The summed E-state index contributed by atoms with van der Waals surface area (Å²) in [5.41, 5.74) is 8.14. The van der Waals surface area contributed by atoms with Crippen LogP contribution in [0.3, 0.4) is 0 Å². The third-order valence-corrected chi connectivity index (χ3v) is 11.4. The highest BCUT2D eigenvalue weighted by molar-refractivity contribution is 6.30. The lowest BCUT2D eigenvalue weighted by molar-refractivity contribution is -0.141. The van der Waals surface area contributed by atoms with E-state index in [9.17, 15) is 4.79 Å². The molecule has 10 nitrogen and oxygen atoms in total. The number of aromatic amines is 1. The summed E-state index contributed by atoms with van der Waals surface area (Å²) in [6.07, 6.45) is 0.624. The van der Waals surface area contributed by atoms with E-state index in [0.717, 1.165) is 83.3 Å². The summed E-state index contributed by atoms with van der Waals surface area (Å²) >= 11 is 0. The van der Waals surface area contributed by atoms with E-state index in [-0.39, 0.29) is 0 Å². The minimum atomic E-state index is -0.874. The first-order valence-corrected chi connectivity index (χ1v) is 20.5. The number of ether oxygens (including phenoxy) is 7. The summed E-state index contributed by atoms with van der Waals surface area (Å²) in [6.45, 7) is 6.60. The Morgan fingerprint density at radius 3 is 1.66 bits per heavy atom. The molecule has 1 atom stereocenters. The molecule has 0 aliphatic heterocycles. The zero-order valence-electron chi connectivity index (χ0n) is 36.7. The summed E-state index contributed by atoms with van der Waals surface area (Å²) in [5, 5.41) is 2.80. The number of hydrogen-bond donors (Lipinski definition) is 1. The number of aromatic nitrogens is 2.